The standard InChI is InChI=1S/C16H24N4S/c1-10-6-7-14(15(17)21)16(18-10)19-11-8-12-4-3-5-13(9-11)20(12)2/h6-7,11-13H,3-5,8-9H2,1-2H3,(H2,17,21)(H,18,19). The molecule has 2 aliphatic rings. The minimum Gasteiger partial charge on any atom is -0.389 e. The zero-order valence-corrected chi connectivity index (χ0v) is 13.6. The molecule has 3 rings (SSSR count). The van der Waals surface area contributed by atoms with Crippen molar-refractivity contribution in [3.63, 3.8) is 0 Å². The fraction of sp³-hybridized carbons (Fsp3) is 0.625. The fourth-order valence-electron chi connectivity index (χ4n) is 3.79. The van der Waals surface area contributed by atoms with Crippen molar-refractivity contribution in [2.45, 2.75) is 57.2 Å². The third-order valence-electron chi connectivity index (χ3n) is 4.98. The molecule has 0 radical (unpaired) electrons. The third-order valence-corrected chi connectivity index (χ3v) is 5.20. The Bertz CT molecular complexity index is 531. The summed E-state index contributed by atoms with van der Waals surface area (Å²) in [7, 11) is 2.27. The van der Waals surface area contributed by atoms with Crippen LogP contribution in [0.1, 0.15) is 43.4 Å². The van der Waals surface area contributed by atoms with Crippen molar-refractivity contribution in [1.82, 2.24) is 9.88 Å². The lowest BCUT2D eigenvalue weighted by Crippen LogP contribution is -2.53. The molecular weight excluding hydrogens is 280 g/mol. The van der Waals surface area contributed by atoms with Gasteiger partial charge in [-0.15, -0.1) is 0 Å². The van der Waals surface area contributed by atoms with Crippen molar-refractivity contribution >= 4 is 23.0 Å². The maximum atomic E-state index is 5.83. The van der Waals surface area contributed by atoms with Crippen LogP contribution in [0.4, 0.5) is 5.82 Å². The van der Waals surface area contributed by atoms with Gasteiger partial charge in [0.15, 0.2) is 0 Å². The molecule has 114 valence electrons. The van der Waals surface area contributed by atoms with Gasteiger partial charge in [-0.2, -0.15) is 0 Å². The number of hydrogen-bond donors (Lipinski definition) is 2. The Morgan fingerprint density at radius 2 is 2.00 bits per heavy atom. The molecule has 1 aromatic rings. The van der Waals surface area contributed by atoms with E-state index >= 15 is 0 Å². The lowest BCUT2D eigenvalue weighted by Gasteiger charge is -2.47. The van der Waals surface area contributed by atoms with Gasteiger partial charge in [0.1, 0.15) is 10.8 Å². The number of rotatable bonds is 3. The molecule has 2 bridgehead atoms. The average molecular weight is 304 g/mol. The molecule has 2 atom stereocenters. The van der Waals surface area contributed by atoms with Gasteiger partial charge in [0.05, 0.1) is 5.56 Å². The highest BCUT2D eigenvalue weighted by Crippen LogP contribution is 2.34. The number of piperidine rings is 2. The number of hydrogen-bond acceptors (Lipinski definition) is 4. The number of anilines is 1. The second-order valence-corrected chi connectivity index (χ2v) is 6.87. The highest BCUT2D eigenvalue weighted by Gasteiger charge is 2.36. The van der Waals surface area contributed by atoms with E-state index in [1.54, 1.807) is 0 Å². The van der Waals surface area contributed by atoms with Crippen molar-refractivity contribution in [3.8, 4) is 0 Å². The molecule has 2 fully saturated rings. The quantitative estimate of drug-likeness (QED) is 0.840. The Hall–Kier alpha value is -1.20. The van der Waals surface area contributed by atoms with E-state index in [9.17, 15) is 0 Å². The van der Waals surface area contributed by atoms with E-state index in [4.69, 9.17) is 18.0 Å². The van der Waals surface area contributed by atoms with Gasteiger partial charge in [-0.25, -0.2) is 4.98 Å². The number of pyridine rings is 1. The van der Waals surface area contributed by atoms with E-state index in [-0.39, 0.29) is 0 Å². The number of fused-ring (bicyclic) bond motifs is 2. The fourth-order valence-corrected chi connectivity index (χ4v) is 3.96. The number of nitrogens with zero attached hydrogens (tertiary/aromatic N) is 2. The van der Waals surface area contributed by atoms with Gasteiger partial charge in [-0.1, -0.05) is 18.6 Å². The van der Waals surface area contributed by atoms with E-state index in [0.29, 0.717) is 23.1 Å². The van der Waals surface area contributed by atoms with Crippen LogP contribution in [0.15, 0.2) is 12.1 Å². The van der Waals surface area contributed by atoms with Crippen molar-refractivity contribution in [2.24, 2.45) is 5.73 Å². The molecule has 0 saturated carbocycles. The summed E-state index contributed by atoms with van der Waals surface area (Å²) >= 11 is 5.15. The van der Waals surface area contributed by atoms with Gasteiger partial charge in [-0.3, -0.25) is 0 Å². The van der Waals surface area contributed by atoms with E-state index in [0.717, 1.165) is 17.1 Å². The van der Waals surface area contributed by atoms with Crippen molar-refractivity contribution in [2.75, 3.05) is 12.4 Å². The first kappa shape index (κ1) is 14.7. The summed E-state index contributed by atoms with van der Waals surface area (Å²) in [4.78, 5) is 7.59. The largest absolute Gasteiger partial charge is 0.389 e. The Labute approximate surface area is 132 Å². The second-order valence-electron chi connectivity index (χ2n) is 6.43. The van der Waals surface area contributed by atoms with E-state index < -0.39 is 0 Å². The van der Waals surface area contributed by atoms with E-state index in [1.165, 1.54) is 32.1 Å². The smallest absolute Gasteiger partial charge is 0.136 e. The number of aryl methyl sites for hydroxylation is 1. The Morgan fingerprint density at radius 3 is 2.62 bits per heavy atom. The molecule has 2 aliphatic heterocycles. The van der Waals surface area contributed by atoms with E-state index in [2.05, 4.69) is 22.2 Å². The van der Waals surface area contributed by atoms with Gasteiger partial charge in [0.2, 0.25) is 0 Å². The van der Waals surface area contributed by atoms with Crippen LogP contribution in [0.25, 0.3) is 0 Å². The van der Waals surface area contributed by atoms with Crippen LogP contribution in [-0.4, -0.2) is 40.0 Å². The highest BCUT2D eigenvalue weighted by molar-refractivity contribution is 7.80. The molecule has 3 heterocycles. The van der Waals surface area contributed by atoms with Crippen LogP contribution >= 0.6 is 12.2 Å². The van der Waals surface area contributed by atoms with Gasteiger partial charge >= 0.3 is 0 Å². The average Bonchev–Trinajstić information content (AvgIpc) is 2.39. The molecule has 0 aromatic carbocycles. The maximum Gasteiger partial charge on any atom is 0.136 e. The van der Waals surface area contributed by atoms with Crippen LogP contribution in [0.5, 0.6) is 0 Å². The first-order valence-electron chi connectivity index (χ1n) is 7.80. The van der Waals surface area contributed by atoms with Crippen LogP contribution in [-0.2, 0) is 0 Å². The minimum atomic E-state index is 0.415. The lowest BCUT2D eigenvalue weighted by atomic mass is 9.82. The summed E-state index contributed by atoms with van der Waals surface area (Å²) in [5.41, 5.74) is 7.68. The predicted molar refractivity (Wildman–Crippen MR) is 90.7 cm³/mol. The summed E-state index contributed by atoms with van der Waals surface area (Å²) in [5.74, 6) is 0.857. The topological polar surface area (TPSA) is 54.2 Å². The molecule has 1 aromatic heterocycles. The molecule has 0 amide bonds. The van der Waals surface area contributed by atoms with E-state index in [1.807, 2.05) is 19.1 Å². The normalized spacial score (nSPS) is 29.1. The van der Waals surface area contributed by atoms with Gasteiger partial charge in [0, 0.05) is 23.8 Å². The SMILES string of the molecule is Cc1ccc(C(N)=S)c(NC2CC3CCCC(C2)N3C)n1. The van der Waals surface area contributed by atoms with Crippen LogP contribution in [0, 0.1) is 6.92 Å². The summed E-state index contributed by atoms with van der Waals surface area (Å²) in [5, 5.41) is 3.62. The number of nitrogens with two attached hydrogens (primary N) is 1. The summed E-state index contributed by atoms with van der Waals surface area (Å²) in [6.07, 6.45) is 6.36. The summed E-state index contributed by atoms with van der Waals surface area (Å²) < 4.78 is 0. The highest BCUT2D eigenvalue weighted by atomic mass is 32.1. The Balaban J connectivity index is 1.78. The molecule has 5 heteroatoms. The predicted octanol–water partition coefficient (Wildman–Crippen LogP) is 2.45. The summed E-state index contributed by atoms with van der Waals surface area (Å²) in [6, 6.07) is 5.81. The molecule has 0 spiro atoms. The number of nitrogens with one attached hydrogen (secondary N) is 1. The molecule has 21 heavy (non-hydrogen) atoms. The zero-order valence-electron chi connectivity index (χ0n) is 12.8. The second kappa shape index (κ2) is 5.89. The van der Waals surface area contributed by atoms with Crippen molar-refractivity contribution in [1.29, 1.82) is 0 Å². The first-order valence-corrected chi connectivity index (χ1v) is 8.21. The maximum absolute atomic E-state index is 5.83. The van der Waals surface area contributed by atoms with Gasteiger partial charge in [0.25, 0.3) is 0 Å². The van der Waals surface area contributed by atoms with Gasteiger partial charge in [-0.05, 0) is 51.8 Å². The van der Waals surface area contributed by atoms with Gasteiger partial charge < -0.3 is 16.0 Å². The first-order chi connectivity index (χ1) is 10.0. The third kappa shape index (κ3) is 3.04. The molecule has 3 N–H and O–H groups in total. The molecule has 0 aliphatic carbocycles. The zero-order chi connectivity index (χ0) is 15.0. The number of thiocarbonyl (C=S) groups is 1. The van der Waals surface area contributed by atoms with Crippen LogP contribution < -0.4 is 11.1 Å². The van der Waals surface area contributed by atoms with Crippen molar-refractivity contribution < 1.29 is 0 Å². The molecule has 2 unspecified atom stereocenters. The molecular formula is C16H24N4S. The Kier molecular flexibility index (Phi) is 4.13. The minimum absolute atomic E-state index is 0.415. The summed E-state index contributed by atoms with van der Waals surface area (Å²) in [6.45, 7) is 2.00. The van der Waals surface area contributed by atoms with Crippen molar-refractivity contribution in [3.05, 3.63) is 23.4 Å². The number of aromatic nitrogens is 1. The monoisotopic (exact) mass is 304 g/mol. The molecule has 2 saturated heterocycles. The Morgan fingerprint density at radius 1 is 1.33 bits per heavy atom. The van der Waals surface area contributed by atoms with Crippen LogP contribution in [0.2, 0.25) is 0 Å². The molecule has 4 nitrogen and oxygen atoms in total. The van der Waals surface area contributed by atoms with Crippen LogP contribution in [0.3, 0.4) is 0 Å². The lowest BCUT2D eigenvalue weighted by molar-refractivity contribution is 0.0608.